The molecule has 1 aromatic carbocycles. The number of nitrogens with zero attached hydrogens (tertiary/aromatic N) is 2. The van der Waals surface area contributed by atoms with Crippen molar-refractivity contribution in [2.75, 3.05) is 40.4 Å². The molecule has 0 radical (unpaired) electrons. The first-order valence-electron chi connectivity index (χ1n) is 8.41. The van der Waals surface area contributed by atoms with E-state index in [-0.39, 0.29) is 0 Å². The molecule has 1 aromatic rings. The summed E-state index contributed by atoms with van der Waals surface area (Å²) in [7, 11) is 4.40. The average molecular weight is 304 g/mol. The van der Waals surface area contributed by atoms with Crippen molar-refractivity contribution < 1.29 is 9.47 Å². The lowest BCUT2D eigenvalue weighted by molar-refractivity contribution is 0.171. The molecule has 0 spiro atoms. The zero-order valence-electron chi connectivity index (χ0n) is 14.1. The van der Waals surface area contributed by atoms with Crippen LogP contribution >= 0.6 is 0 Å². The van der Waals surface area contributed by atoms with E-state index in [0.717, 1.165) is 24.1 Å². The van der Waals surface area contributed by atoms with Crippen molar-refractivity contribution in [3.05, 3.63) is 23.3 Å². The fraction of sp³-hybridized carbons (Fsp3) is 0.667. The highest BCUT2D eigenvalue weighted by atomic mass is 16.6. The summed E-state index contributed by atoms with van der Waals surface area (Å²) in [4.78, 5) is 4.96. The molecule has 22 heavy (non-hydrogen) atoms. The van der Waals surface area contributed by atoms with Gasteiger partial charge in [-0.2, -0.15) is 0 Å². The predicted octanol–water partition coefficient (Wildman–Crippen LogP) is 2.68. The Bertz CT molecular complexity index is 516. The Morgan fingerprint density at radius 1 is 1.09 bits per heavy atom. The first-order valence-corrected chi connectivity index (χ1v) is 8.41. The second-order valence-electron chi connectivity index (χ2n) is 6.75. The quantitative estimate of drug-likeness (QED) is 0.857. The van der Waals surface area contributed by atoms with E-state index >= 15 is 0 Å². The molecule has 2 aliphatic rings. The van der Waals surface area contributed by atoms with Crippen molar-refractivity contribution >= 4 is 0 Å². The van der Waals surface area contributed by atoms with Gasteiger partial charge in [-0.15, -0.1) is 0 Å². The van der Waals surface area contributed by atoms with Gasteiger partial charge >= 0.3 is 0 Å². The van der Waals surface area contributed by atoms with E-state index < -0.39 is 0 Å². The summed E-state index contributed by atoms with van der Waals surface area (Å²) in [6.07, 6.45) is 3.85. The zero-order valence-corrected chi connectivity index (χ0v) is 14.1. The first kappa shape index (κ1) is 15.6. The minimum absolute atomic E-state index is 0.656. The smallest absolute Gasteiger partial charge is 0.161 e. The predicted molar refractivity (Wildman–Crippen MR) is 88.8 cm³/mol. The standard InChI is InChI=1S/C18H28N2O2/c1-14-11-17-18(22-10-9-21-17)12-15(14)13-20-7-4-5-16(6-8-20)19(2)3/h11-12,16H,4-10,13H2,1-3H3. The molecule has 0 bridgehead atoms. The van der Waals surface area contributed by atoms with Gasteiger partial charge in [0, 0.05) is 12.6 Å². The van der Waals surface area contributed by atoms with Crippen molar-refractivity contribution in [1.82, 2.24) is 9.80 Å². The molecule has 1 fully saturated rings. The summed E-state index contributed by atoms with van der Waals surface area (Å²) in [6.45, 7) is 6.87. The summed E-state index contributed by atoms with van der Waals surface area (Å²) >= 11 is 0. The Kier molecular flexibility index (Phi) is 4.89. The Morgan fingerprint density at radius 2 is 1.82 bits per heavy atom. The number of aryl methyl sites for hydroxylation is 1. The summed E-state index contributed by atoms with van der Waals surface area (Å²) in [5, 5.41) is 0. The molecular weight excluding hydrogens is 276 g/mol. The van der Waals surface area contributed by atoms with Crippen LogP contribution in [0, 0.1) is 6.92 Å². The van der Waals surface area contributed by atoms with Gasteiger partial charge in [0.2, 0.25) is 0 Å². The fourth-order valence-corrected chi connectivity index (χ4v) is 3.46. The van der Waals surface area contributed by atoms with Crippen LogP contribution in [0.2, 0.25) is 0 Å². The van der Waals surface area contributed by atoms with E-state index in [0.29, 0.717) is 13.2 Å². The average Bonchev–Trinajstić information content (AvgIpc) is 2.74. The molecule has 0 aromatic heterocycles. The van der Waals surface area contributed by atoms with E-state index in [1.807, 2.05) is 0 Å². The Balaban J connectivity index is 1.68. The minimum Gasteiger partial charge on any atom is -0.486 e. The van der Waals surface area contributed by atoms with Crippen LogP contribution in [-0.4, -0.2) is 56.2 Å². The Hall–Kier alpha value is -1.26. The van der Waals surface area contributed by atoms with Gasteiger partial charge in [0.05, 0.1) is 0 Å². The topological polar surface area (TPSA) is 24.9 Å². The highest BCUT2D eigenvalue weighted by Crippen LogP contribution is 2.33. The van der Waals surface area contributed by atoms with Crippen LogP contribution in [0.5, 0.6) is 11.5 Å². The van der Waals surface area contributed by atoms with Crippen LogP contribution in [0.25, 0.3) is 0 Å². The summed E-state index contributed by atoms with van der Waals surface area (Å²) in [5.41, 5.74) is 2.67. The molecule has 1 unspecified atom stereocenters. The number of benzene rings is 1. The lowest BCUT2D eigenvalue weighted by atomic mass is 10.1. The highest BCUT2D eigenvalue weighted by molar-refractivity contribution is 5.47. The van der Waals surface area contributed by atoms with E-state index in [4.69, 9.17) is 9.47 Å². The van der Waals surface area contributed by atoms with Gasteiger partial charge in [0.25, 0.3) is 0 Å². The molecule has 2 heterocycles. The number of hydrogen-bond acceptors (Lipinski definition) is 4. The van der Waals surface area contributed by atoms with E-state index in [9.17, 15) is 0 Å². The maximum atomic E-state index is 5.73. The molecule has 0 saturated carbocycles. The highest BCUT2D eigenvalue weighted by Gasteiger charge is 2.20. The zero-order chi connectivity index (χ0) is 15.5. The second kappa shape index (κ2) is 6.88. The second-order valence-corrected chi connectivity index (χ2v) is 6.75. The summed E-state index contributed by atoms with van der Waals surface area (Å²) in [6, 6.07) is 5.04. The van der Waals surface area contributed by atoms with Crippen LogP contribution in [0.3, 0.4) is 0 Å². The summed E-state index contributed by atoms with van der Waals surface area (Å²) < 4.78 is 11.4. The molecular formula is C18H28N2O2. The van der Waals surface area contributed by atoms with E-state index in [1.54, 1.807) is 0 Å². The third-order valence-electron chi connectivity index (χ3n) is 4.92. The van der Waals surface area contributed by atoms with Gasteiger partial charge in [-0.25, -0.2) is 0 Å². The number of rotatable bonds is 3. The lowest BCUT2D eigenvalue weighted by Crippen LogP contribution is -2.30. The largest absolute Gasteiger partial charge is 0.486 e. The molecule has 2 aliphatic heterocycles. The molecule has 1 atom stereocenters. The van der Waals surface area contributed by atoms with Crippen LogP contribution < -0.4 is 9.47 Å². The molecule has 4 nitrogen and oxygen atoms in total. The Labute approximate surface area is 134 Å². The van der Waals surface area contributed by atoms with Gasteiger partial charge in [-0.05, 0) is 76.6 Å². The van der Waals surface area contributed by atoms with Gasteiger partial charge in [0.15, 0.2) is 11.5 Å². The molecule has 1 saturated heterocycles. The Morgan fingerprint density at radius 3 is 2.55 bits per heavy atom. The molecule has 0 amide bonds. The molecule has 3 rings (SSSR count). The van der Waals surface area contributed by atoms with Crippen molar-refractivity contribution in [1.29, 1.82) is 0 Å². The summed E-state index contributed by atoms with van der Waals surface area (Å²) in [5.74, 6) is 1.81. The first-order chi connectivity index (χ1) is 10.6. The monoisotopic (exact) mass is 304 g/mol. The van der Waals surface area contributed by atoms with Gasteiger partial charge in [-0.1, -0.05) is 0 Å². The number of hydrogen-bond donors (Lipinski definition) is 0. The third kappa shape index (κ3) is 3.55. The lowest BCUT2D eigenvalue weighted by Gasteiger charge is -2.25. The molecule has 4 heteroatoms. The van der Waals surface area contributed by atoms with Crippen molar-refractivity contribution in [3.63, 3.8) is 0 Å². The fourth-order valence-electron chi connectivity index (χ4n) is 3.46. The SMILES string of the molecule is Cc1cc2c(cc1CN1CCCC(N(C)C)CC1)OCCO2. The van der Waals surface area contributed by atoms with Crippen molar-refractivity contribution in [2.45, 2.75) is 38.8 Å². The van der Waals surface area contributed by atoms with Gasteiger partial charge < -0.3 is 14.4 Å². The van der Waals surface area contributed by atoms with E-state index in [1.165, 1.54) is 43.5 Å². The molecule has 0 aliphatic carbocycles. The van der Waals surface area contributed by atoms with Gasteiger partial charge in [0.1, 0.15) is 13.2 Å². The molecule has 122 valence electrons. The van der Waals surface area contributed by atoms with Crippen LogP contribution in [0.4, 0.5) is 0 Å². The van der Waals surface area contributed by atoms with E-state index in [2.05, 4.69) is 43.0 Å². The normalized spacial score (nSPS) is 22.6. The van der Waals surface area contributed by atoms with Crippen LogP contribution in [0.1, 0.15) is 30.4 Å². The minimum atomic E-state index is 0.656. The van der Waals surface area contributed by atoms with Crippen molar-refractivity contribution in [2.24, 2.45) is 0 Å². The van der Waals surface area contributed by atoms with Crippen LogP contribution in [0.15, 0.2) is 12.1 Å². The molecule has 0 N–H and O–H groups in total. The number of fused-ring (bicyclic) bond motifs is 1. The van der Waals surface area contributed by atoms with Gasteiger partial charge in [-0.3, -0.25) is 4.90 Å². The third-order valence-corrected chi connectivity index (χ3v) is 4.92. The number of likely N-dealkylation sites (tertiary alicyclic amines) is 1. The maximum Gasteiger partial charge on any atom is 0.161 e. The maximum absolute atomic E-state index is 5.73. The van der Waals surface area contributed by atoms with Crippen LogP contribution in [-0.2, 0) is 6.54 Å². The van der Waals surface area contributed by atoms with Crippen molar-refractivity contribution in [3.8, 4) is 11.5 Å². The number of ether oxygens (including phenoxy) is 2.